The number of nitrogens with zero attached hydrogens (tertiary/aromatic N) is 2. The van der Waals surface area contributed by atoms with E-state index >= 15 is 0 Å². The summed E-state index contributed by atoms with van der Waals surface area (Å²) in [5.74, 6) is -2.43. The molecule has 2 heterocycles. The van der Waals surface area contributed by atoms with E-state index < -0.39 is 35.1 Å². The van der Waals surface area contributed by atoms with Crippen molar-refractivity contribution >= 4 is 21.9 Å². The fraction of sp³-hybridized carbons (Fsp3) is 0.400. The molecule has 1 aliphatic rings. The fourth-order valence-corrected chi connectivity index (χ4v) is 3.86. The molecule has 5 nitrogen and oxygen atoms in total. The van der Waals surface area contributed by atoms with Gasteiger partial charge in [0.1, 0.15) is 5.82 Å². The topological polar surface area (TPSA) is 62.5 Å². The van der Waals surface area contributed by atoms with Gasteiger partial charge < -0.3 is 10.0 Å². The first kappa shape index (κ1) is 22.5. The monoisotopic (exact) mass is 490 g/mol. The van der Waals surface area contributed by atoms with Gasteiger partial charge in [0, 0.05) is 22.3 Å². The molecule has 2 aromatic rings. The highest BCUT2D eigenvalue weighted by molar-refractivity contribution is 9.10. The van der Waals surface area contributed by atoms with Crippen LogP contribution in [0.15, 0.2) is 39.7 Å². The molecule has 1 fully saturated rings. The average Bonchev–Trinajstić information content (AvgIpc) is 2.61. The van der Waals surface area contributed by atoms with Crippen LogP contribution in [0.2, 0.25) is 0 Å². The van der Waals surface area contributed by atoms with Crippen molar-refractivity contribution in [2.24, 2.45) is 0 Å². The zero-order valence-electron chi connectivity index (χ0n) is 15.8. The van der Waals surface area contributed by atoms with E-state index in [0.29, 0.717) is 28.1 Å². The Hall–Kier alpha value is -2.20. The summed E-state index contributed by atoms with van der Waals surface area (Å²) in [5, 5.41) is 9.66. The molecule has 162 valence electrons. The third-order valence-corrected chi connectivity index (χ3v) is 5.60. The van der Waals surface area contributed by atoms with E-state index in [1.165, 1.54) is 12.1 Å². The van der Waals surface area contributed by atoms with Gasteiger partial charge in [-0.3, -0.25) is 9.36 Å². The Labute approximate surface area is 178 Å². The maximum atomic E-state index is 14.3. The van der Waals surface area contributed by atoms with E-state index in [9.17, 15) is 32.3 Å². The van der Waals surface area contributed by atoms with E-state index in [2.05, 4.69) is 20.8 Å². The third kappa shape index (κ3) is 4.92. The normalized spacial score (nSPS) is 15.6. The maximum Gasteiger partial charge on any atom is 0.416 e. The standard InChI is InChI=1S/C20H19BrF4N2O3/c21-13-4-5-16(22)14(9-13)18(19(29)30)27-11-12(3-1-6-26-7-2-8-26)15(10-17(27)28)20(23,24)25/h4-5,9-11,18H,1-3,6-8H2,(H,29,30). The minimum Gasteiger partial charge on any atom is -0.479 e. The van der Waals surface area contributed by atoms with Gasteiger partial charge in [-0.05, 0) is 62.7 Å². The molecule has 0 aliphatic carbocycles. The van der Waals surface area contributed by atoms with E-state index in [0.717, 1.165) is 31.8 Å². The molecule has 30 heavy (non-hydrogen) atoms. The Kier molecular flexibility index (Phi) is 6.66. The number of halogens is 5. The van der Waals surface area contributed by atoms with Gasteiger partial charge >= 0.3 is 12.1 Å². The molecule has 0 radical (unpaired) electrons. The number of carboxylic acids is 1. The SMILES string of the molecule is O=C(O)C(c1cc(Br)ccc1F)n1cc(CCCN2CCC2)c(C(F)(F)F)cc1=O. The molecule has 1 N–H and O–H groups in total. The lowest BCUT2D eigenvalue weighted by Gasteiger charge is -2.30. The fourth-order valence-electron chi connectivity index (χ4n) is 3.48. The van der Waals surface area contributed by atoms with Crippen molar-refractivity contribution in [1.82, 2.24) is 9.47 Å². The van der Waals surface area contributed by atoms with E-state index in [1.807, 2.05) is 0 Å². The highest BCUT2D eigenvalue weighted by atomic mass is 79.9. The molecule has 0 spiro atoms. The molecule has 1 aromatic heterocycles. The first-order valence-electron chi connectivity index (χ1n) is 9.30. The molecule has 0 bridgehead atoms. The van der Waals surface area contributed by atoms with Gasteiger partial charge in [0.15, 0.2) is 6.04 Å². The van der Waals surface area contributed by atoms with E-state index in [4.69, 9.17) is 0 Å². The third-order valence-electron chi connectivity index (χ3n) is 5.10. The van der Waals surface area contributed by atoms with Crippen LogP contribution in [0.5, 0.6) is 0 Å². The number of alkyl halides is 3. The number of hydrogen-bond donors (Lipinski definition) is 1. The molecular weight excluding hydrogens is 472 g/mol. The maximum absolute atomic E-state index is 14.3. The van der Waals surface area contributed by atoms with Crippen molar-refractivity contribution in [2.75, 3.05) is 19.6 Å². The predicted octanol–water partition coefficient (Wildman–Crippen LogP) is 4.08. The molecule has 10 heteroatoms. The predicted molar refractivity (Wildman–Crippen MR) is 105 cm³/mol. The van der Waals surface area contributed by atoms with Gasteiger partial charge in [-0.2, -0.15) is 13.2 Å². The molecule has 3 rings (SSSR count). The first-order valence-corrected chi connectivity index (χ1v) is 10.1. The Morgan fingerprint density at radius 2 is 1.93 bits per heavy atom. The number of pyridine rings is 1. The van der Waals surface area contributed by atoms with Crippen molar-refractivity contribution < 1.29 is 27.5 Å². The number of hydrogen-bond acceptors (Lipinski definition) is 3. The van der Waals surface area contributed by atoms with Crippen molar-refractivity contribution in [1.29, 1.82) is 0 Å². The molecule has 0 saturated carbocycles. The Bertz CT molecular complexity index is 1000. The highest BCUT2D eigenvalue weighted by Gasteiger charge is 2.36. The Balaban J connectivity index is 2.05. The summed E-state index contributed by atoms with van der Waals surface area (Å²) < 4.78 is 55.8. The second kappa shape index (κ2) is 8.89. The summed E-state index contributed by atoms with van der Waals surface area (Å²) in [6.45, 7) is 2.41. The van der Waals surface area contributed by atoms with Gasteiger partial charge in [-0.1, -0.05) is 15.9 Å². The zero-order chi connectivity index (χ0) is 22.1. The number of aryl methyl sites for hydroxylation is 1. The number of benzene rings is 1. The van der Waals surface area contributed by atoms with Crippen LogP contribution in [-0.4, -0.2) is 40.2 Å². The van der Waals surface area contributed by atoms with Crippen LogP contribution in [0.3, 0.4) is 0 Å². The molecule has 1 aliphatic heterocycles. The van der Waals surface area contributed by atoms with Crippen LogP contribution < -0.4 is 5.56 Å². The van der Waals surface area contributed by atoms with Crippen LogP contribution >= 0.6 is 15.9 Å². The minimum atomic E-state index is -4.76. The number of carboxylic acid groups (broad SMARTS) is 1. The van der Waals surface area contributed by atoms with E-state index in [1.54, 1.807) is 0 Å². The van der Waals surface area contributed by atoms with Crippen molar-refractivity contribution in [2.45, 2.75) is 31.5 Å². The summed E-state index contributed by atoms with van der Waals surface area (Å²) in [5.41, 5.74) is -2.78. The molecule has 0 amide bonds. The van der Waals surface area contributed by atoms with Crippen LogP contribution in [0.4, 0.5) is 17.6 Å². The van der Waals surface area contributed by atoms with Gasteiger partial charge in [0.05, 0.1) is 5.56 Å². The van der Waals surface area contributed by atoms with Crippen LogP contribution in [-0.2, 0) is 17.4 Å². The quantitative estimate of drug-likeness (QED) is 0.594. The van der Waals surface area contributed by atoms with Crippen molar-refractivity contribution in [3.63, 3.8) is 0 Å². The Morgan fingerprint density at radius 1 is 1.23 bits per heavy atom. The van der Waals surface area contributed by atoms with Crippen LogP contribution in [0.1, 0.15) is 35.6 Å². The lowest BCUT2D eigenvalue weighted by atomic mass is 10.0. The smallest absolute Gasteiger partial charge is 0.416 e. The van der Waals surface area contributed by atoms with E-state index in [-0.39, 0.29) is 17.5 Å². The number of aliphatic carboxylic acids is 1. The second-order valence-electron chi connectivity index (χ2n) is 7.16. The lowest BCUT2D eigenvalue weighted by molar-refractivity contribution is -0.139. The summed E-state index contributed by atoms with van der Waals surface area (Å²) in [6, 6.07) is 2.17. The summed E-state index contributed by atoms with van der Waals surface area (Å²) in [6.07, 6.45) is -2.37. The summed E-state index contributed by atoms with van der Waals surface area (Å²) in [4.78, 5) is 26.4. The number of carbonyl (C=O) groups is 1. The van der Waals surface area contributed by atoms with Crippen molar-refractivity contribution in [3.05, 3.63) is 67.8 Å². The van der Waals surface area contributed by atoms with Crippen LogP contribution in [0.25, 0.3) is 0 Å². The van der Waals surface area contributed by atoms with Crippen LogP contribution in [0, 0.1) is 5.82 Å². The minimum absolute atomic E-state index is 0.0128. The van der Waals surface area contributed by atoms with Gasteiger partial charge in [0.25, 0.3) is 5.56 Å². The van der Waals surface area contributed by atoms with Gasteiger partial charge in [0.2, 0.25) is 0 Å². The van der Waals surface area contributed by atoms with Crippen molar-refractivity contribution in [3.8, 4) is 0 Å². The second-order valence-corrected chi connectivity index (χ2v) is 8.08. The number of likely N-dealkylation sites (tertiary alicyclic amines) is 1. The number of rotatable bonds is 7. The number of aromatic nitrogens is 1. The first-order chi connectivity index (χ1) is 14.1. The molecule has 1 saturated heterocycles. The summed E-state index contributed by atoms with van der Waals surface area (Å²) in [7, 11) is 0. The van der Waals surface area contributed by atoms with Gasteiger partial charge in [-0.25, -0.2) is 9.18 Å². The lowest BCUT2D eigenvalue weighted by Crippen LogP contribution is -2.38. The molecule has 1 atom stereocenters. The average molecular weight is 491 g/mol. The zero-order valence-corrected chi connectivity index (χ0v) is 17.3. The van der Waals surface area contributed by atoms with Gasteiger partial charge in [-0.15, -0.1) is 0 Å². The Morgan fingerprint density at radius 3 is 2.50 bits per heavy atom. The molecular formula is C20H19BrF4N2O3. The highest BCUT2D eigenvalue weighted by Crippen LogP contribution is 2.33. The molecule has 1 aromatic carbocycles. The summed E-state index contributed by atoms with van der Waals surface area (Å²) >= 11 is 3.12. The molecule has 1 unspecified atom stereocenters. The largest absolute Gasteiger partial charge is 0.479 e.